The molecule has 8 heteroatoms. The minimum atomic E-state index is -4.13. The molecule has 1 N–H and O–H groups in total. The summed E-state index contributed by atoms with van der Waals surface area (Å²) in [5.74, 6) is -0.886. The molecule has 1 aliphatic rings. The van der Waals surface area contributed by atoms with Crippen molar-refractivity contribution in [2.45, 2.75) is 0 Å². The van der Waals surface area contributed by atoms with Crippen LogP contribution in [-0.2, 0) is 14.9 Å². The van der Waals surface area contributed by atoms with Gasteiger partial charge < -0.3 is 0 Å². The summed E-state index contributed by atoms with van der Waals surface area (Å²) in [6.45, 7) is -0.150. The van der Waals surface area contributed by atoms with Crippen molar-refractivity contribution in [3.8, 4) is 0 Å². The van der Waals surface area contributed by atoms with Crippen LogP contribution in [0, 0.1) is 0 Å². The second-order valence-electron chi connectivity index (χ2n) is 4.41. The quantitative estimate of drug-likeness (QED) is 0.496. The fourth-order valence-electron chi connectivity index (χ4n) is 1.72. The van der Waals surface area contributed by atoms with Crippen LogP contribution in [0.25, 0.3) is 6.08 Å². The van der Waals surface area contributed by atoms with Crippen LogP contribution in [0.3, 0.4) is 0 Å². The number of amides is 1. The van der Waals surface area contributed by atoms with E-state index in [-0.39, 0.29) is 16.8 Å². The maximum Gasteiger partial charge on any atom is 0.266 e. The smallest absolute Gasteiger partial charge is 0.266 e. The van der Waals surface area contributed by atoms with Gasteiger partial charge in [0.1, 0.15) is 4.32 Å². The van der Waals surface area contributed by atoms with Gasteiger partial charge in [0.05, 0.1) is 10.7 Å². The van der Waals surface area contributed by atoms with Crippen molar-refractivity contribution in [3.05, 3.63) is 53.0 Å². The van der Waals surface area contributed by atoms with E-state index in [1.807, 2.05) is 36.4 Å². The van der Waals surface area contributed by atoms with Gasteiger partial charge in [0.2, 0.25) is 0 Å². The van der Waals surface area contributed by atoms with E-state index in [1.54, 1.807) is 12.2 Å². The average molecular weight is 355 g/mol. The molecule has 1 saturated heterocycles. The average Bonchev–Trinajstić information content (AvgIpc) is 2.72. The normalized spacial score (nSPS) is 17.9. The SMILES string of the molecule is O=C1C(=CC=Cc2ccccc2)SC(=S)N1CCS(=O)(=O)O. The Morgan fingerprint density at radius 1 is 1.27 bits per heavy atom. The number of carbonyl (C=O) groups excluding carboxylic acids is 1. The predicted octanol–water partition coefficient (Wildman–Crippen LogP) is 2.33. The highest BCUT2D eigenvalue weighted by molar-refractivity contribution is 8.26. The van der Waals surface area contributed by atoms with Crippen LogP contribution in [-0.4, -0.2) is 40.4 Å². The van der Waals surface area contributed by atoms with Crippen molar-refractivity contribution in [3.63, 3.8) is 0 Å². The number of hydrogen-bond acceptors (Lipinski definition) is 5. The summed E-state index contributed by atoms with van der Waals surface area (Å²) in [5, 5.41) is 0. The van der Waals surface area contributed by atoms with Gasteiger partial charge in [-0.2, -0.15) is 8.42 Å². The molecule has 0 aliphatic carbocycles. The second-order valence-corrected chi connectivity index (χ2v) is 7.66. The highest BCUT2D eigenvalue weighted by Crippen LogP contribution is 2.30. The van der Waals surface area contributed by atoms with Crippen LogP contribution in [0.4, 0.5) is 0 Å². The van der Waals surface area contributed by atoms with E-state index < -0.39 is 15.9 Å². The van der Waals surface area contributed by atoms with E-state index in [2.05, 4.69) is 0 Å². The van der Waals surface area contributed by atoms with Crippen LogP contribution in [0.15, 0.2) is 47.4 Å². The van der Waals surface area contributed by atoms with Gasteiger partial charge in [-0.15, -0.1) is 0 Å². The zero-order valence-corrected chi connectivity index (χ0v) is 13.8. The Labute approximate surface area is 138 Å². The van der Waals surface area contributed by atoms with Crippen molar-refractivity contribution >= 4 is 50.4 Å². The number of carbonyl (C=O) groups is 1. The van der Waals surface area contributed by atoms with Crippen molar-refractivity contribution < 1.29 is 17.8 Å². The van der Waals surface area contributed by atoms with Crippen molar-refractivity contribution in [1.82, 2.24) is 4.90 Å². The molecular formula is C14H13NO4S3. The van der Waals surface area contributed by atoms with Crippen LogP contribution < -0.4 is 0 Å². The Bertz CT molecular complexity index is 739. The Kier molecular flexibility index (Phi) is 5.52. The third kappa shape index (κ3) is 4.77. The number of benzene rings is 1. The molecule has 1 aliphatic heterocycles. The number of thiocarbonyl (C=S) groups is 1. The first-order valence-corrected chi connectivity index (χ1v) is 9.12. The molecule has 0 aromatic heterocycles. The molecular weight excluding hydrogens is 342 g/mol. The van der Waals surface area contributed by atoms with Gasteiger partial charge in [-0.1, -0.05) is 66.5 Å². The monoisotopic (exact) mass is 355 g/mol. The Morgan fingerprint density at radius 3 is 2.59 bits per heavy atom. The summed E-state index contributed by atoms with van der Waals surface area (Å²) in [7, 11) is -4.13. The van der Waals surface area contributed by atoms with Gasteiger partial charge in [-0.25, -0.2) is 0 Å². The highest BCUT2D eigenvalue weighted by Gasteiger charge is 2.32. The van der Waals surface area contributed by atoms with Gasteiger partial charge in [0.15, 0.2) is 0 Å². The van der Waals surface area contributed by atoms with Gasteiger partial charge in [0.25, 0.3) is 16.0 Å². The van der Waals surface area contributed by atoms with Gasteiger partial charge in [0, 0.05) is 6.54 Å². The summed E-state index contributed by atoms with van der Waals surface area (Å²) >= 11 is 6.16. The number of rotatable bonds is 5. The third-order valence-corrected chi connectivity index (χ3v) is 4.88. The van der Waals surface area contributed by atoms with E-state index in [9.17, 15) is 13.2 Å². The second kappa shape index (κ2) is 7.19. The number of hydrogen-bond donors (Lipinski definition) is 1. The molecule has 2 rings (SSSR count). The summed E-state index contributed by atoms with van der Waals surface area (Å²) < 4.78 is 30.5. The largest absolute Gasteiger partial charge is 0.292 e. The predicted molar refractivity (Wildman–Crippen MR) is 91.9 cm³/mol. The molecule has 0 spiro atoms. The molecule has 5 nitrogen and oxygen atoms in total. The van der Waals surface area contributed by atoms with E-state index in [0.29, 0.717) is 4.91 Å². The lowest BCUT2D eigenvalue weighted by molar-refractivity contribution is -0.122. The van der Waals surface area contributed by atoms with Gasteiger partial charge in [-0.05, 0) is 11.6 Å². The number of nitrogens with zero attached hydrogens (tertiary/aromatic N) is 1. The van der Waals surface area contributed by atoms with Gasteiger partial charge >= 0.3 is 0 Å². The first kappa shape index (κ1) is 16.9. The molecule has 0 unspecified atom stereocenters. The molecule has 0 atom stereocenters. The maximum absolute atomic E-state index is 12.1. The summed E-state index contributed by atoms with van der Waals surface area (Å²) in [6.07, 6.45) is 5.23. The molecule has 1 aromatic carbocycles. The van der Waals surface area contributed by atoms with Gasteiger partial charge in [-0.3, -0.25) is 14.2 Å². The lowest BCUT2D eigenvalue weighted by Crippen LogP contribution is -2.32. The van der Waals surface area contributed by atoms with Crippen molar-refractivity contribution in [1.29, 1.82) is 0 Å². The minimum absolute atomic E-state index is 0.150. The summed E-state index contributed by atoms with van der Waals surface area (Å²) in [6, 6.07) is 9.60. The van der Waals surface area contributed by atoms with Crippen molar-refractivity contribution in [2.75, 3.05) is 12.3 Å². The first-order chi connectivity index (χ1) is 10.4. The molecule has 0 radical (unpaired) electrons. The van der Waals surface area contributed by atoms with Crippen LogP contribution in [0.2, 0.25) is 0 Å². The van der Waals surface area contributed by atoms with E-state index >= 15 is 0 Å². The molecule has 1 fully saturated rings. The Hall–Kier alpha value is -1.48. The fraction of sp³-hybridized carbons (Fsp3) is 0.143. The first-order valence-electron chi connectivity index (χ1n) is 6.29. The zero-order chi connectivity index (χ0) is 16.2. The van der Waals surface area contributed by atoms with E-state index in [0.717, 1.165) is 17.3 Å². The van der Waals surface area contributed by atoms with Crippen molar-refractivity contribution in [2.24, 2.45) is 0 Å². The lowest BCUT2D eigenvalue weighted by Gasteiger charge is -2.12. The van der Waals surface area contributed by atoms with E-state index in [1.165, 1.54) is 4.90 Å². The van der Waals surface area contributed by atoms with Crippen LogP contribution >= 0.6 is 24.0 Å². The van der Waals surface area contributed by atoms with Crippen LogP contribution in [0.1, 0.15) is 5.56 Å². The molecule has 0 bridgehead atoms. The Balaban J connectivity index is 2.04. The lowest BCUT2D eigenvalue weighted by atomic mass is 10.2. The summed E-state index contributed by atoms with van der Waals surface area (Å²) in [5.41, 5.74) is 1.00. The highest BCUT2D eigenvalue weighted by atomic mass is 32.2. The molecule has 1 heterocycles. The maximum atomic E-state index is 12.1. The topological polar surface area (TPSA) is 74.7 Å². The molecule has 1 aromatic rings. The zero-order valence-electron chi connectivity index (χ0n) is 11.4. The number of thioether (sulfide) groups is 1. The Morgan fingerprint density at radius 2 is 1.95 bits per heavy atom. The molecule has 116 valence electrons. The third-order valence-electron chi connectivity index (χ3n) is 2.78. The molecule has 22 heavy (non-hydrogen) atoms. The van der Waals surface area contributed by atoms with E-state index in [4.69, 9.17) is 16.8 Å². The van der Waals surface area contributed by atoms with Crippen LogP contribution in [0.5, 0.6) is 0 Å². The number of allylic oxidation sites excluding steroid dienone is 2. The molecule has 0 saturated carbocycles. The summed E-state index contributed by atoms with van der Waals surface area (Å²) in [4.78, 5) is 13.7. The fourth-order valence-corrected chi connectivity index (χ4v) is 3.40. The minimum Gasteiger partial charge on any atom is -0.292 e. The standard InChI is InChI=1S/C14H13NO4S3/c16-13-12(8-4-7-11-5-2-1-3-6-11)21-14(20)15(13)9-10-22(17,18)19/h1-8H,9-10H2,(H,17,18,19). The molecule has 1 amide bonds.